The van der Waals surface area contributed by atoms with E-state index in [0.717, 1.165) is 10.0 Å². The van der Waals surface area contributed by atoms with Gasteiger partial charge in [0.2, 0.25) is 5.89 Å². The number of nitrogens with zero attached hydrogens (tertiary/aromatic N) is 2. The number of aliphatic hydroxyl groups excluding tert-OH is 1. The van der Waals surface area contributed by atoms with Gasteiger partial charge in [0.1, 0.15) is 0 Å². The first-order valence-corrected chi connectivity index (χ1v) is 5.91. The Kier molecular flexibility index (Phi) is 3.88. The Morgan fingerprint density at radius 2 is 2.06 bits per heavy atom. The van der Waals surface area contributed by atoms with Gasteiger partial charge >= 0.3 is 0 Å². The van der Waals surface area contributed by atoms with E-state index in [0.29, 0.717) is 18.1 Å². The molecule has 1 atom stereocenters. The van der Waals surface area contributed by atoms with E-state index in [1.807, 2.05) is 24.3 Å². The van der Waals surface area contributed by atoms with Gasteiger partial charge in [0.25, 0.3) is 0 Å². The first-order chi connectivity index (χ1) is 8.19. The van der Waals surface area contributed by atoms with Crippen LogP contribution in [0.15, 0.2) is 33.3 Å². The molecule has 0 amide bonds. The zero-order valence-corrected chi connectivity index (χ0v) is 10.6. The minimum absolute atomic E-state index is 0.197. The lowest BCUT2D eigenvalue weighted by molar-refractivity contribution is 0.259. The van der Waals surface area contributed by atoms with Crippen molar-refractivity contribution >= 4 is 15.9 Å². The third kappa shape index (κ3) is 3.12. The zero-order valence-electron chi connectivity index (χ0n) is 9.01. The second kappa shape index (κ2) is 5.39. The lowest BCUT2D eigenvalue weighted by Gasteiger charge is -1.99. The van der Waals surface area contributed by atoms with Gasteiger partial charge in [-0.1, -0.05) is 33.2 Å². The molecule has 0 aliphatic carbocycles. The van der Waals surface area contributed by atoms with Crippen LogP contribution >= 0.6 is 15.9 Å². The molecule has 17 heavy (non-hydrogen) atoms. The molecule has 0 spiro atoms. The van der Waals surface area contributed by atoms with Crippen molar-refractivity contribution in [2.24, 2.45) is 5.73 Å². The van der Waals surface area contributed by atoms with Crippen LogP contribution in [0.5, 0.6) is 0 Å². The highest BCUT2D eigenvalue weighted by molar-refractivity contribution is 9.10. The first kappa shape index (κ1) is 12.2. The summed E-state index contributed by atoms with van der Waals surface area (Å²) in [6, 6.07) is 7.26. The first-order valence-electron chi connectivity index (χ1n) is 5.12. The average Bonchev–Trinajstić information content (AvgIpc) is 2.80. The Hall–Kier alpha value is -1.24. The van der Waals surface area contributed by atoms with Crippen molar-refractivity contribution < 1.29 is 9.63 Å². The highest BCUT2D eigenvalue weighted by Gasteiger charge is 2.13. The Morgan fingerprint density at radius 1 is 1.35 bits per heavy atom. The number of aliphatic hydroxyl groups is 1. The lowest BCUT2D eigenvalue weighted by Crippen LogP contribution is -2.16. The van der Waals surface area contributed by atoms with E-state index in [1.165, 1.54) is 0 Å². The topological polar surface area (TPSA) is 85.2 Å². The molecule has 2 rings (SSSR count). The minimum Gasteiger partial charge on any atom is -0.394 e. The molecule has 0 saturated carbocycles. The smallest absolute Gasteiger partial charge is 0.231 e. The largest absolute Gasteiger partial charge is 0.394 e. The normalized spacial score (nSPS) is 12.6. The van der Waals surface area contributed by atoms with Crippen LogP contribution in [0.1, 0.15) is 23.3 Å². The number of hydrogen-bond acceptors (Lipinski definition) is 5. The van der Waals surface area contributed by atoms with E-state index in [2.05, 4.69) is 26.1 Å². The molecule has 0 bridgehead atoms. The second-order valence-electron chi connectivity index (χ2n) is 3.64. The summed E-state index contributed by atoms with van der Waals surface area (Å²) in [4.78, 5) is 4.12. The highest BCUT2D eigenvalue weighted by Crippen LogP contribution is 2.14. The van der Waals surface area contributed by atoms with Crippen LogP contribution in [-0.4, -0.2) is 21.9 Å². The fourth-order valence-corrected chi connectivity index (χ4v) is 1.61. The number of hydrogen-bond donors (Lipinski definition) is 2. The number of nitrogens with two attached hydrogens (primary N) is 1. The second-order valence-corrected chi connectivity index (χ2v) is 4.55. The maximum atomic E-state index is 8.87. The maximum absolute atomic E-state index is 8.87. The van der Waals surface area contributed by atoms with Gasteiger partial charge in [0, 0.05) is 4.47 Å². The van der Waals surface area contributed by atoms with Crippen LogP contribution in [-0.2, 0) is 6.42 Å². The van der Waals surface area contributed by atoms with Crippen LogP contribution in [0, 0.1) is 0 Å². The molecule has 0 radical (unpaired) electrons. The van der Waals surface area contributed by atoms with Crippen molar-refractivity contribution in [1.82, 2.24) is 10.1 Å². The van der Waals surface area contributed by atoms with E-state index in [4.69, 9.17) is 15.4 Å². The van der Waals surface area contributed by atoms with Crippen molar-refractivity contribution in [1.29, 1.82) is 0 Å². The molecular weight excluding hydrogens is 286 g/mol. The highest BCUT2D eigenvalue weighted by atomic mass is 79.9. The summed E-state index contributed by atoms with van der Waals surface area (Å²) in [6.07, 6.45) is 0.554. The molecule has 1 unspecified atom stereocenters. The summed E-state index contributed by atoms with van der Waals surface area (Å²) in [7, 11) is 0. The average molecular weight is 298 g/mol. The standard InChI is InChI=1S/C11H12BrN3O2/c12-8-3-1-7(2-4-8)5-10-14-11(15-17-10)9(13)6-16/h1-4,9,16H,5-6,13H2. The Bertz CT molecular complexity index is 484. The molecule has 1 heterocycles. The Labute approximate surface area is 107 Å². The van der Waals surface area contributed by atoms with E-state index in [9.17, 15) is 0 Å². The lowest BCUT2D eigenvalue weighted by atomic mass is 10.1. The van der Waals surface area contributed by atoms with Gasteiger partial charge in [-0.2, -0.15) is 4.98 Å². The molecule has 6 heteroatoms. The third-order valence-corrected chi connectivity index (χ3v) is 2.81. The predicted octanol–water partition coefficient (Wildman–Crippen LogP) is 1.41. The summed E-state index contributed by atoms with van der Waals surface area (Å²) in [5.41, 5.74) is 6.65. The number of aromatic nitrogens is 2. The van der Waals surface area contributed by atoms with Crippen molar-refractivity contribution in [3.63, 3.8) is 0 Å². The van der Waals surface area contributed by atoms with Crippen LogP contribution in [0.3, 0.4) is 0 Å². The summed E-state index contributed by atoms with van der Waals surface area (Å²) < 4.78 is 6.08. The molecule has 0 aliphatic heterocycles. The van der Waals surface area contributed by atoms with E-state index >= 15 is 0 Å². The van der Waals surface area contributed by atoms with Gasteiger partial charge < -0.3 is 15.4 Å². The van der Waals surface area contributed by atoms with Crippen molar-refractivity contribution in [2.75, 3.05) is 6.61 Å². The molecule has 0 saturated heterocycles. The monoisotopic (exact) mass is 297 g/mol. The van der Waals surface area contributed by atoms with Gasteiger partial charge in [-0.15, -0.1) is 0 Å². The number of rotatable bonds is 4. The molecule has 5 nitrogen and oxygen atoms in total. The molecule has 1 aromatic heterocycles. The van der Waals surface area contributed by atoms with Gasteiger partial charge in [-0.3, -0.25) is 0 Å². The summed E-state index contributed by atoms with van der Waals surface area (Å²) in [5.74, 6) is 0.825. The minimum atomic E-state index is -0.586. The molecular formula is C11H12BrN3O2. The Balaban J connectivity index is 2.08. The van der Waals surface area contributed by atoms with Gasteiger partial charge in [0.05, 0.1) is 19.1 Å². The van der Waals surface area contributed by atoms with E-state index in [-0.39, 0.29) is 6.61 Å². The third-order valence-electron chi connectivity index (χ3n) is 2.28. The molecule has 3 N–H and O–H groups in total. The van der Waals surface area contributed by atoms with Crippen molar-refractivity contribution in [3.8, 4) is 0 Å². The fraction of sp³-hybridized carbons (Fsp3) is 0.273. The molecule has 90 valence electrons. The molecule has 0 aliphatic rings. The van der Waals surface area contributed by atoms with Crippen molar-refractivity contribution in [2.45, 2.75) is 12.5 Å². The quantitative estimate of drug-likeness (QED) is 0.891. The van der Waals surface area contributed by atoms with Gasteiger partial charge in [-0.05, 0) is 17.7 Å². The summed E-state index contributed by atoms with van der Waals surface area (Å²) in [5, 5.41) is 12.6. The number of halogens is 1. The summed E-state index contributed by atoms with van der Waals surface area (Å²) in [6.45, 7) is -0.197. The molecule has 2 aromatic rings. The van der Waals surface area contributed by atoms with Crippen LogP contribution < -0.4 is 5.73 Å². The fourth-order valence-electron chi connectivity index (χ4n) is 1.35. The van der Waals surface area contributed by atoms with Gasteiger partial charge in [-0.25, -0.2) is 0 Å². The number of benzene rings is 1. The van der Waals surface area contributed by atoms with Gasteiger partial charge in [0.15, 0.2) is 5.82 Å². The van der Waals surface area contributed by atoms with Crippen LogP contribution in [0.25, 0.3) is 0 Å². The zero-order chi connectivity index (χ0) is 12.3. The van der Waals surface area contributed by atoms with Crippen LogP contribution in [0.4, 0.5) is 0 Å². The maximum Gasteiger partial charge on any atom is 0.231 e. The van der Waals surface area contributed by atoms with Crippen molar-refractivity contribution in [3.05, 3.63) is 46.0 Å². The van der Waals surface area contributed by atoms with E-state index < -0.39 is 6.04 Å². The Morgan fingerprint density at radius 3 is 2.71 bits per heavy atom. The SMILES string of the molecule is NC(CO)c1noc(Cc2ccc(Br)cc2)n1. The van der Waals surface area contributed by atoms with Crippen LogP contribution in [0.2, 0.25) is 0 Å². The molecule has 1 aromatic carbocycles. The predicted molar refractivity (Wildman–Crippen MR) is 65.3 cm³/mol. The molecule has 0 fully saturated rings. The summed E-state index contributed by atoms with van der Waals surface area (Å²) >= 11 is 3.37. The van der Waals surface area contributed by atoms with E-state index in [1.54, 1.807) is 0 Å².